The van der Waals surface area contributed by atoms with Crippen molar-refractivity contribution in [1.29, 1.82) is 0 Å². The molecule has 6 heteroatoms. The van der Waals surface area contributed by atoms with E-state index in [9.17, 15) is 4.79 Å². The Morgan fingerprint density at radius 1 is 1.35 bits per heavy atom. The van der Waals surface area contributed by atoms with Crippen molar-refractivity contribution in [2.24, 2.45) is 5.92 Å². The topological polar surface area (TPSA) is 59.6 Å². The van der Waals surface area contributed by atoms with Crippen LogP contribution in [0.4, 0.5) is 0 Å². The fourth-order valence-electron chi connectivity index (χ4n) is 2.68. The highest BCUT2D eigenvalue weighted by atomic mass is 32.2. The molecule has 0 aliphatic carbocycles. The number of rotatable bonds is 7. The van der Waals surface area contributed by atoms with E-state index in [1.165, 1.54) is 0 Å². The molecule has 0 saturated carbocycles. The summed E-state index contributed by atoms with van der Waals surface area (Å²) in [5.41, 5.74) is 0. The van der Waals surface area contributed by atoms with Gasteiger partial charge >= 0.3 is 0 Å². The summed E-state index contributed by atoms with van der Waals surface area (Å²) in [6.07, 6.45) is 1.53. The third-order valence-corrected chi connectivity index (χ3v) is 5.08. The zero-order chi connectivity index (χ0) is 16.7. The van der Waals surface area contributed by atoms with Crippen LogP contribution in [0.25, 0.3) is 0 Å². The number of methoxy groups -OCH3 is 2. The van der Waals surface area contributed by atoms with Gasteiger partial charge in [-0.2, -0.15) is 0 Å². The van der Waals surface area contributed by atoms with Gasteiger partial charge in [0.2, 0.25) is 5.91 Å². The van der Waals surface area contributed by atoms with E-state index in [0.717, 1.165) is 35.9 Å². The average molecular weight is 338 g/mol. The van der Waals surface area contributed by atoms with Gasteiger partial charge in [0.05, 0.1) is 14.2 Å². The number of carbonyl (C=O) groups is 1. The van der Waals surface area contributed by atoms with Gasteiger partial charge in [-0.1, -0.05) is 6.92 Å². The van der Waals surface area contributed by atoms with Crippen LogP contribution in [-0.2, 0) is 4.79 Å². The summed E-state index contributed by atoms with van der Waals surface area (Å²) in [5.74, 6) is 2.81. The summed E-state index contributed by atoms with van der Waals surface area (Å²) >= 11 is 1.65. The summed E-state index contributed by atoms with van der Waals surface area (Å²) in [6, 6.07) is 6.11. The number of benzene rings is 1. The highest BCUT2D eigenvalue weighted by Gasteiger charge is 2.22. The maximum absolute atomic E-state index is 12.1. The van der Waals surface area contributed by atoms with Crippen molar-refractivity contribution in [1.82, 2.24) is 10.6 Å². The maximum atomic E-state index is 12.1. The molecule has 1 saturated heterocycles. The predicted molar refractivity (Wildman–Crippen MR) is 93.5 cm³/mol. The molecule has 1 fully saturated rings. The van der Waals surface area contributed by atoms with Crippen LogP contribution in [0.3, 0.4) is 0 Å². The van der Waals surface area contributed by atoms with Crippen LogP contribution in [0.5, 0.6) is 11.5 Å². The minimum Gasteiger partial charge on any atom is -0.493 e. The molecule has 23 heavy (non-hydrogen) atoms. The number of ether oxygens (including phenoxy) is 2. The number of amides is 1. The lowest BCUT2D eigenvalue weighted by atomic mass is 9.95. The Kier molecular flexibility index (Phi) is 7.05. The smallest absolute Gasteiger partial charge is 0.221 e. The van der Waals surface area contributed by atoms with Gasteiger partial charge in [0.1, 0.15) is 0 Å². The first-order valence-electron chi connectivity index (χ1n) is 7.99. The third-order valence-electron chi connectivity index (χ3n) is 4.08. The average Bonchev–Trinajstić information content (AvgIpc) is 2.56. The van der Waals surface area contributed by atoms with Crippen LogP contribution >= 0.6 is 11.8 Å². The first-order chi connectivity index (χ1) is 11.1. The van der Waals surface area contributed by atoms with E-state index in [2.05, 4.69) is 17.6 Å². The number of thioether (sulfide) groups is 1. The molecule has 1 aliphatic rings. The molecule has 2 unspecified atom stereocenters. The van der Waals surface area contributed by atoms with Gasteiger partial charge in [0.15, 0.2) is 11.5 Å². The number of hydrogen-bond donors (Lipinski definition) is 2. The number of carbonyl (C=O) groups excluding carboxylic acids is 1. The predicted octanol–water partition coefficient (Wildman–Crippen LogP) is 2.30. The largest absolute Gasteiger partial charge is 0.493 e. The van der Waals surface area contributed by atoms with Crippen LogP contribution in [0.1, 0.15) is 19.8 Å². The van der Waals surface area contributed by atoms with Crippen LogP contribution in [0, 0.1) is 5.92 Å². The number of piperidine rings is 1. The molecular weight excluding hydrogens is 312 g/mol. The highest BCUT2D eigenvalue weighted by molar-refractivity contribution is 7.99. The first-order valence-corrected chi connectivity index (χ1v) is 8.97. The molecule has 0 spiro atoms. The zero-order valence-electron chi connectivity index (χ0n) is 14.1. The molecule has 1 amide bonds. The van der Waals surface area contributed by atoms with Crippen LogP contribution in [0.15, 0.2) is 23.1 Å². The minimum atomic E-state index is 0.136. The fourth-order valence-corrected chi connectivity index (χ4v) is 3.55. The van der Waals surface area contributed by atoms with E-state index in [4.69, 9.17) is 9.47 Å². The normalized spacial score (nSPS) is 20.8. The van der Waals surface area contributed by atoms with Gasteiger partial charge in [0.25, 0.3) is 0 Å². The molecule has 0 radical (unpaired) electrons. The van der Waals surface area contributed by atoms with E-state index in [1.54, 1.807) is 26.0 Å². The lowest BCUT2D eigenvalue weighted by molar-refractivity contribution is -0.121. The van der Waals surface area contributed by atoms with E-state index >= 15 is 0 Å². The second-order valence-corrected chi connectivity index (χ2v) is 6.93. The summed E-state index contributed by atoms with van der Waals surface area (Å²) in [5, 5.41) is 6.50. The van der Waals surface area contributed by atoms with Crippen LogP contribution in [0.2, 0.25) is 0 Å². The molecule has 0 bridgehead atoms. The SMILES string of the molecule is COc1ccc(SCCC(=O)NC2CCNCC2C)cc1OC. The summed E-state index contributed by atoms with van der Waals surface area (Å²) in [6.45, 7) is 4.14. The molecule has 2 N–H and O–H groups in total. The van der Waals surface area contributed by atoms with Gasteiger partial charge in [-0.05, 0) is 43.6 Å². The minimum absolute atomic E-state index is 0.136. The summed E-state index contributed by atoms with van der Waals surface area (Å²) in [7, 11) is 3.25. The molecule has 1 aliphatic heterocycles. The summed E-state index contributed by atoms with van der Waals surface area (Å²) in [4.78, 5) is 13.2. The second-order valence-electron chi connectivity index (χ2n) is 5.76. The Balaban J connectivity index is 1.77. The standard InChI is InChI=1S/C17H26N2O3S/c1-12-11-18-8-6-14(12)19-17(20)7-9-23-13-4-5-15(21-2)16(10-13)22-3/h4-5,10,12,14,18H,6-9,11H2,1-3H3,(H,19,20). The Morgan fingerprint density at radius 3 is 2.83 bits per heavy atom. The fraction of sp³-hybridized carbons (Fsp3) is 0.588. The third kappa shape index (κ3) is 5.32. The second kappa shape index (κ2) is 9.03. The van der Waals surface area contributed by atoms with E-state index in [0.29, 0.717) is 24.1 Å². The molecule has 0 aromatic heterocycles. The zero-order valence-corrected chi connectivity index (χ0v) is 14.9. The maximum Gasteiger partial charge on any atom is 0.221 e. The van der Waals surface area contributed by atoms with Crippen molar-refractivity contribution < 1.29 is 14.3 Å². The van der Waals surface area contributed by atoms with Crippen molar-refractivity contribution in [3.8, 4) is 11.5 Å². The van der Waals surface area contributed by atoms with Gasteiger partial charge in [0, 0.05) is 23.1 Å². The Labute approximate surface area is 142 Å². The number of nitrogens with one attached hydrogen (secondary N) is 2. The molecule has 2 atom stereocenters. The van der Waals surface area contributed by atoms with Crippen molar-refractivity contribution in [3.05, 3.63) is 18.2 Å². The lowest BCUT2D eigenvalue weighted by Crippen LogP contribution is -2.48. The first kappa shape index (κ1) is 17.9. The highest BCUT2D eigenvalue weighted by Crippen LogP contribution is 2.32. The van der Waals surface area contributed by atoms with Crippen molar-refractivity contribution in [2.75, 3.05) is 33.1 Å². The van der Waals surface area contributed by atoms with Crippen LogP contribution in [-0.4, -0.2) is 45.0 Å². The Bertz CT molecular complexity index is 525. The number of hydrogen-bond acceptors (Lipinski definition) is 5. The van der Waals surface area contributed by atoms with Gasteiger partial charge in [-0.3, -0.25) is 4.79 Å². The molecule has 5 nitrogen and oxygen atoms in total. The van der Waals surface area contributed by atoms with Crippen LogP contribution < -0.4 is 20.1 Å². The van der Waals surface area contributed by atoms with Crippen molar-refractivity contribution >= 4 is 17.7 Å². The monoisotopic (exact) mass is 338 g/mol. The summed E-state index contributed by atoms with van der Waals surface area (Å²) < 4.78 is 10.5. The lowest BCUT2D eigenvalue weighted by Gasteiger charge is -2.30. The molecule has 2 rings (SSSR count). The molecule has 1 heterocycles. The molecule has 128 valence electrons. The molecule has 1 aromatic rings. The van der Waals surface area contributed by atoms with E-state index < -0.39 is 0 Å². The quantitative estimate of drug-likeness (QED) is 0.747. The van der Waals surface area contributed by atoms with Gasteiger partial charge in [-0.15, -0.1) is 11.8 Å². The molecular formula is C17H26N2O3S. The molecule has 1 aromatic carbocycles. The van der Waals surface area contributed by atoms with Gasteiger partial charge in [-0.25, -0.2) is 0 Å². The Morgan fingerprint density at radius 2 is 2.13 bits per heavy atom. The Hall–Kier alpha value is -1.40. The van der Waals surface area contributed by atoms with Gasteiger partial charge < -0.3 is 20.1 Å². The van der Waals surface area contributed by atoms with Crippen molar-refractivity contribution in [3.63, 3.8) is 0 Å². The van der Waals surface area contributed by atoms with E-state index in [1.807, 2.05) is 18.2 Å². The van der Waals surface area contributed by atoms with Crippen molar-refractivity contribution in [2.45, 2.75) is 30.7 Å². The van der Waals surface area contributed by atoms with E-state index in [-0.39, 0.29) is 5.91 Å².